The van der Waals surface area contributed by atoms with Crippen molar-refractivity contribution in [2.75, 3.05) is 7.11 Å². The Morgan fingerprint density at radius 1 is 1.10 bits per heavy atom. The highest BCUT2D eigenvalue weighted by molar-refractivity contribution is 6.80. The summed E-state index contributed by atoms with van der Waals surface area (Å²) in [6.45, 7) is 6.71. The largest absolute Gasteiger partial charge is 0.469 e. The molecular formula is C23H38O7Si. The van der Waals surface area contributed by atoms with E-state index >= 15 is 0 Å². The zero-order chi connectivity index (χ0) is 22.2. The number of aliphatic hydroxyl groups is 1. The molecule has 0 aromatic rings. The van der Waals surface area contributed by atoms with Crippen molar-refractivity contribution in [2.24, 2.45) is 0 Å². The average Bonchev–Trinajstić information content (AvgIpc) is 3.10. The molecular weight excluding hydrogens is 416 g/mol. The minimum absolute atomic E-state index is 0.183. The van der Waals surface area contributed by atoms with E-state index in [-0.39, 0.29) is 36.8 Å². The van der Waals surface area contributed by atoms with E-state index in [2.05, 4.69) is 25.3 Å². The second-order valence-corrected chi connectivity index (χ2v) is 15.6. The smallest absolute Gasteiger partial charge is 0.308 e. The Labute approximate surface area is 186 Å². The summed E-state index contributed by atoms with van der Waals surface area (Å²) in [5.41, 5.74) is 2.15. The fourth-order valence-electron chi connectivity index (χ4n) is 5.29. The third-order valence-corrected chi connectivity index (χ3v) is 8.05. The van der Waals surface area contributed by atoms with E-state index in [9.17, 15) is 9.90 Å². The van der Waals surface area contributed by atoms with Gasteiger partial charge in [0.05, 0.1) is 33.8 Å². The lowest BCUT2D eigenvalue weighted by Crippen LogP contribution is -2.62. The zero-order valence-electron chi connectivity index (χ0n) is 19.2. The van der Waals surface area contributed by atoms with Crippen molar-refractivity contribution in [1.29, 1.82) is 0 Å². The average molecular weight is 455 g/mol. The van der Waals surface area contributed by atoms with Gasteiger partial charge in [0.1, 0.15) is 30.5 Å². The Hall–Kier alpha value is -0.773. The summed E-state index contributed by atoms with van der Waals surface area (Å²) in [7, 11) is -0.0584. The summed E-state index contributed by atoms with van der Waals surface area (Å²) in [5, 5.41) is 11.0. The van der Waals surface area contributed by atoms with Crippen LogP contribution in [-0.4, -0.2) is 74.8 Å². The van der Waals surface area contributed by atoms with Gasteiger partial charge in [0.25, 0.3) is 0 Å². The zero-order valence-corrected chi connectivity index (χ0v) is 20.2. The van der Waals surface area contributed by atoms with Gasteiger partial charge in [0.15, 0.2) is 5.79 Å². The molecule has 1 aliphatic carbocycles. The van der Waals surface area contributed by atoms with Crippen molar-refractivity contribution in [2.45, 2.75) is 120 Å². The van der Waals surface area contributed by atoms with Crippen LogP contribution < -0.4 is 0 Å². The van der Waals surface area contributed by atoms with E-state index in [0.717, 1.165) is 32.1 Å². The van der Waals surface area contributed by atoms with Crippen molar-refractivity contribution < 1.29 is 33.6 Å². The van der Waals surface area contributed by atoms with Crippen molar-refractivity contribution >= 4 is 14.0 Å². The molecule has 0 radical (unpaired) electrons. The van der Waals surface area contributed by atoms with Gasteiger partial charge < -0.3 is 28.8 Å². The van der Waals surface area contributed by atoms with Gasteiger partial charge in [0.2, 0.25) is 0 Å². The normalized spacial score (nSPS) is 38.6. The number of methoxy groups -OCH3 is 1. The first-order valence-electron chi connectivity index (χ1n) is 11.8. The quantitative estimate of drug-likeness (QED) is 0.505. The predicted molar refractivity (Wildman–Crippen MR) is 117 cm³/mol. The van der Waals surface area contributed by atoms with Gasteiger partial charge in [-0.25, -0.2) is 0 Å². The number of ether oxygens (including phenoxy) is 5. The van der Waals surface area contributed by atoms with E-state index in [1.807, 2.05) is 6.08 Å². The first-order valence-corrected chi connectivity index (χ1v) is 15.4. The Morgan fingerprint density at radius 2 is 1.81 bits per heavy atom. The molecule has 0 amide bonds. The molecule has 3 aliphatic heterocycles. The maximum atomic E-state index is 11.8. The van der Waals surface area contributed by atoms with Gasteiger partial charge >= 0.3 is 5.97 Å². The van der Waals surface area contributed by atoms with Gasteiger partial charge in [-0.15, -0.1) is 0 Å². The van der Waals surface area contributed by atoms with Crippen LogP contribution in [0.4, 0.5) is 0 Å². The summed E-state index contributed by atoms with van der Waals surface area (Å²) in [6, 6.07) is 0. The lowest BCUT2D eigenvalue weighted by molar-refractivity contribution is -0.250. The maximum absolute atomic E-state index is 11.8. The molecule has 7 atom stereocenters. The number of hydrogen-bond donors (Lipinski definition) is 1. The van der Waals surface area contributed by atoms with E-state index in [0.29, 0.717) is 6.42 Å². The minimum Gasteiger partial charge on any atom is -0.469 e. The van der Waals surface area contributed by atoms with E-state index in [1.54, 1.807) is 0 Å². The van der Waals surface area contributed by atoms with Gasteiger partial charge in [0, 0.05) is 12.8 Å². The highest BCUT2D eigenvalue weighted by Crippen LogP contribution is 2.48. The van der Waals surface area contributed by atoms with Crippen molar-refractivity contribution in [3.8, 4) is 0 Å². The fraction of sp³-hybridized carbons (Fsp3) is 0.870. The predicted octanol–water partition coefficient (Wildman–Crippen LogP) is 3.10. The summed E-state index contributed by atoms with van der Waals surface area (Å²) in [6.07, 6.45) is 6.00. The van der Waals surface area contributed by atoms with Crippen LogP contribution in [0.25, 0.3) is 0 Å². The number of fused-ring (bicyclic) bond motifs is 3. The Morgan fingerprint density at radius 3 is 2.48 bits per heavy atom. The number of aliphatic hydroxyl groups excluding tert-OH is 1. The molecule has 3 heterocycles. The molecule has 7 nitrogen and oxygen atoms in total. The fourth-order valence-corrected chi connectivity index (χ4v) is 6.06. The minimum atomic E-state index is -1.46. The van der Waals surface area contributed by atoms with Crippen LogP contribution in [0.5, 0.6) is 0 Å². The maximum Gasteiger partial charge on any atom is 0.308 e. The number of carbonyl (C=O) groups excluding carboxylic acids is 1. The third-order valence-electron chi connectivity index (χ3n) is 6.86. The molecule has 4 aliphatic rings. The van der Waals surface area contributed by atoms with Crippen LogP contribution in [0.15, 0.2) is 11.8 Å². The molecule has 3 saturated heterocycles. The first kappa shape index (κ1) is 23.4. The second kappa shape index (κ2) is 9.23. The van der Waals surface area contributed by atoms with Gasteiger partial charge in [-0.2, -0.15) is 0 Å². The molecule has 4 fully saturated rings. The molecule has 1 saturated carbocycles. The van der Waals surface area contributed by atoms with E-state index in [1.165, 1.54) is 13.5 Å². The van der Waals surface area contributed by atoms with E-state index in [4.69, 9.17) is 23.7 Å². The lowest BCUT2D eigenvalue weighted by atomic mass is 9.87. The molecule has 0 aromatic heterocycles. The van der Waals surface area contributed by atoms with Crippen LogP contribution in [0.1, 0.15) is 51.4 Å². The van der Waals surface area contributed by atoms with Gasteiger partial charge in [-0.05, 0) is 25.7 Å². The topological polar surface area (TPSA) is 83.5 Å². The number of hydrogen-bond acceptors (Lipinski definition) is 7. The molecule has 8 heteroatoms. The highest BCUT2D eigenvalue weighted by Gasteiger charge is 2.60. The summed E-state index contributed by atoms with van der Waals surface area (Å²) >= 11 is 0. The molecule has 0 unspecified atom stereocenters. The monoisotopic (exact) mass is 454 g/mol. The van der Waals surface area contributed by atoms with Crippen molar-refractivity contribution in [3.63, 3.8) is 0 Å². The summed E-state index contributed by atoms with van der Waals surface area (Å²) in [4.78, 5) is 11.8. The molecule has 0 aromatic carbocycles. The van der Waals surface area contributed by atoms with Crippen LogP contribution in [0.2, 0.25) is 19.6 Å². The summed E-state index contributed by atoms with van der Waals surface area (Å²) < 4.78 is 30.7. The van der Waals surface area contributed by atoms with Crippen molar-refractivity contribution in [3.05, 3.63) is 11.8 Å². The Kier molecular flexibility index (Phi) is 6.96. The molecule has 1 spiro atoms. The number of esters is 1. The highest BCUT2D eigenvalue weighted by atomic mass is 28.3. The Balaban J connectivity index is 1.55. The lowest BCUT2D eigenvalue weighted by Gasteiger charge is -2.47. The van der Waals surface area contributed by atoms with Gasteiger partial charge in [-0.1, -0.05) is 37.8 Å². The molecule has 0 bridgehead atoms. The second-order valence-electron chi connectivity index (χ2n) is 10.6. The van der Waals surface area contributed by atoms with Gasteiger partial charge in [-0.3, -0.25) is 4.79 Å². The third kappa shape index (κ3) is 5.25. The number of rotatable bonds is 5. The Bertz CT molecular complexity index is 669. The number of carbonyl (C=O) groups is 1. The van der Waals surface area contributed by atoms with Crippen molar-refractivity contribution in [1.82, 2.24) is 0 Å². The molecule has 1 N–H and O–H groups in total. The van der Waals surface area contributed by atoms with Crippen LogP contribution in [-0.2, 0) is 28.5 Å². The molecule has 31 heavy (non-hydrogen) atoms. The van der Waals surface area contributed by atoms with Crippen LogP contribution >= 0.6 is 0 Å². The standard InChI is InChI=1S/C23H38O7Si/c1-26-18(25)14-15-8-9-17-20(27-15)22-21(29-23(30-22)11-6-5-7-12-23)19(28-17)16(24)10-13-31(2,3)4/h10,13,15-17,19-22,24H,5-9,11-12,14H2,1-4H3/b13-10+/t15-,16+,17+,19+,20+,21-,22+/m1/s1. The SMILES string of the molecule is COC(=O)C[C@H]1CC[C@@H]2O[C@@H]([C@@H](O)/C=C/[Si](C)(C)C)[C@H]3OC4(CCCCC4)O[C@H]3[C@H]2O1. The van der Waals surface area contributed by atoms with Crippen LogP contribution in [0.3, 0.4) is 0 Å². The molecule has 176 valence electrons. The molecule has 4 rings (SSSR count). The summed E-state index contributed by atoms with van der Waals surface area (Å²) in [5.74, 6) is -0.876. The van der Waals surface area contributed by atoms with Crippen LogP contribution in [0, 0.1) is 0 Å². The first-order chi connectivity index (χ1) is 14.7. The van der Waals surface area contributed by atoms with E-state index < -0.39 is 32.2 Å².